The van der Waals surface area contributed by atoms with Crippen LogP contribution < -0.4 is 10.5 Å². The Morgan fingerprint density at radius 1 is 1.20 bits per heavy atom. The summed E-state index contributed by atoms with van der Waals surface area (Å²) in [5, 5.41) is 0. The van der Waals surface area contributed by atoms with Crippen LogP contribution in [0.1, 0.15) is 46.5 Å². The summed E-state index contributed by atoms with van der Waals surface area (Å²) in [5.41, 5.74) is 5.02. The fourth-order valence-corrected chi connectivity index (χ4v) is 2.98. The summed E-state index contributed by atoms with van der Waals surface area (Å²) in [6.07, 6.45) is 3.00. The third kappa shape index (κ3) is 6.12. The highest BCUT2D eigenvalue weighted by Crippen LogP contribution is 2.15. The number of unbranched alkanes of at least 4 members (excludes halogenated alkanes) is 1. The second-order valence-corrected chi connectivity index (χ2v) is 6.03. The van der Waals surface area contributed by atoms with E-state index in [0.717, 1.165) is 19.3 Å². The van der Waals surface area contributed by atoms with E-state index in [2.05, 4.69) is 4.72 Å². The normalized spacial score (nSPS) is 13.1. The van der Waals surface area contributed by atoms with Gasteiger partial charge in [-0.25, -0.2) is 13.1 Å². The van der Waals surface area contributed by atoms with Crippen molar-refractivity contribution in [2.75, 3.05) is 12.3 Å². The molecule has 0 amide bonds. The van der Waals surface area contributed by atoms with Crippen LogP contribution in [-0.2, 0) is 10.0 Å². The van der Waals surface area contributed by atoms with E-state index >= 15 is 0 Å². The van der Waals surface area contributed by atoms with E-state index in [4.69, 9.17) is 5.73 Å². The average molecular weight is 236 g/mol. The van der Waals surface area contributed by atoms with Gasteiger partial charge in [0.15, 0.2) is 0 Å². The van der Waals surface area contributed by atoms with Crippen molar-refractivity contribution >= 4 is 10.0 Å². The molecule has 0 rings (SSSR count). The van der Waals surface area contributed by atoms with Gasteiger partial charge >= 0.3 is 0 Å². The SMILES string of the molecule is CCC(C)(CC)NS(=O)(=O)CCCCN. The number of hydrogen-bond acceptors (Lipinski definition) is 3. The van der Waals surface area contributed by atoms with E-state index in [1.807, 2.05) is 20.8 Å². The lowest BCUT2D eigenvalue weighted by molar-refractivity contribution is 0.388. The van der Waals surface area contributed by atoms with Gasteiger partial charge < -0.3 is 5.73 Å². The predicted octanol–water partition coefficient (Wildman–Crippen LogP) is 1.22. The molecule has 15 heavy (non-hydrogen) atoms. The van der Waals surface area contributed by atoms with Gasteiger partial charge in [0.2, 0.25) is 10.0 Å². The van der Waals surface area contributed by atoms with Gasteiger partial charge in [0, 0.05) is 5.54 Å². The molecule has 0 fully saturated rings. The first-order valence-corrected chi connectivity index (χ1v) is 7.26. The lowest BCUT2D eigenvalue weighted by Gasteiger charge is -2.27. The molecule has 0 aromatic carbocycles. The zero-order chi connectivity index (χ0) is 11.9. The highest BCUT2D eigenvalue weighted by Gasteiger charge is 2.25. The Morgan fingerprint density at radius 3 is 2.13 bits per heavy atom. The smallest absolute Gasteiger partial charge is 0.212 e. The van der Waals surface area contributed by atoms with Crippen LogP contribution in [0.4, 0.5) is 0 Å². The number of rotatable bonds is 8. The zero-order valence-corrected chi connectivity index (χ0v) is 10.9. The lowest BCUT2D eigenvalue weighted by atomic mass is 9.98. The van der Waals surface area contributed by atoms with Crippen molar-refractivity contribution in [3.8, 4) is 0 Å². The Bertz CT molecular complexity index is 259. The van der Waals surface area contributed by atoms with Crippen LogP contribution in [0.3, 0.4) is 0 Å². The minimum atomic E-state index is -3.14. The van der Waals surface area contributed by atoms with Gasteiger partial charge in [0.25, 0.3) is 0 Å². The van der Waals surface area contributed by atoms with Crippen molar-refractivity contribution in [3.63, 3.8) is 0 Å². The molecule has 0 aromatic rings. The molecule has 3 N–H and O–H groups in total. The fourth-order valence-electron chi connectivity index (χ4n) is 1.26. The molecule has 92 valence electrons. The summed E-state index contributed by atoms with van der Waals surface area (Å²) in [5.74, 6) is 0.180. The van der Waals surface area contributed by atoms with Crippen molar-refractivity contribution in [2.45, 2.75) is 52.0 Å². The third-order valence-corrected chi connectivity index (χ3v) is 4.46. The molecule has 5 heteroatoms. The van der Waals surface area contributed by atoms with E-state index < -0.39 is 10.0 Å². The third-order valence-electron chi connectivity index (χ3n) is 2.83. The van der Waals surface area contributed by atoms with Crippen molar-refractivity contribution in [1.82, 2.24) is 4.72 Å². The largest absolute Gasteiger partial charge is 0.330 e. The molecular formula is C10H24N2O2S. The molecule has 0 aliphatic carbocycles. The van der Waals surface area contributed by atoms with Crippen molar-refractivity contribution in [3.05, 3.63) is 0 Å². The van der Waals surface area contributed by atoms with Crippen LogP contribution in [0.5, 0.6) is 0 Å². The number of nitrogens with one attached hydrogen (secondary N) is 1. The maximum Gasteiger partial charge on any atom is 0.212 e. The molecule has 0 bridgehead atoms. The van der Waals surface area contributed by atoms with Crippen molar-refractivity contribution in [2.24, 2.45) is 5.73 Å². The van der Waals surface area contributed by atoms with Gasteiger partial charge in [-0.1, -0.05) is 13.8 Å². The van der Waals surface area contributed by atoms with E-state index in [-0.39, 0.29) is 11.3 Å². The second kappa shape index (κ2) is 6.45. The molecule has 0 aliphatic rings. The summed E-state index contributed by atoms with van der Waals surface area (Å²) in [7, 11) is -3.14. The Balaban J connectivity index is 4.24. The van der Waals surface area contributed by atoms with Gasteiger partial charge in [-0.05, 0) is 39.2 Å². The maximum absolute atomic E-state index is 11.7. The molecule has 0 aromatic heterocycles. The Hall–Kier alpha value is -0.130. The molecule has 0 spiro atoms. The topological polar surface area (TPSA) is 72.2 Å². The quantitative estimate of drug-likeness (QED) is 0.622. The first-order chi connectivity index (χ1) is 6.89. The highest BCUT2D eigenvalue weighted by molar-refractivity contribution is 7.89. The first kappa shape index (κ1) is 14.9. The van der Waals surface area contributed by atoms with Crippen LogP contribution in [0.15, 0.2) is 0 Å². The van der Waals surface area contributed by atoms with Gasteiger partial charge in [-0.2, -0.15) is 0 Å². The first-order valence-electron chi connectivity index (χ1n) is 5.61. The van der Waals surface area contributed by atoms with Crippen molar-refractivity contribution < 1.29 is 8.42 Å². The summed E-state index contributed by atoms with van der Waals surface area (Å²) in [6.45, 7) is 6.47. The van der Waals surface area contributed by atoms with Crippen LogP contribution in [-0.4, -0.2) is 26.3 Å². The van der Waals surface area contributed by atoms with Gasteiger partial charge in [-0.3, -0.25) is 0 Å². The molecule has 0 unspecified atom stereocenters. The summed E-state index contributed by atoms with van der Waals surface area (Å²) >= 11 is 0. The van der Waals surface area contributed by atoms with E-state index in [0.29, 0.717) is 13.0 Å². The van der Waals surface area contributed by atoms with E-state index in [1.165, 1.54) is 0 Å². The Morgan fingerprint density at radius 2 is 1.73 bits per heavy atom. The van der Waals surface area contributed by atoms with Crippen LogP contribution in [0.2, 0.25) is 0 Å². The average Bonchev–Trinajstić information content (AvgIpc) is 2.17. The molecular weight excluding hydrogens is 212 g/mol. The summed E-state index contributed by atoms with van der Waals surface area (Å²) < 4.78 is 26.1. The standard InChI is InChI=1S/C10H24N2O2S/c1-4-10(3,5-2)12-15(13,14)9-7-6-8-11/h12H,4-9,11H2,1-3H3. The molecule has 4 nitrogen and oxygen atoms in total. The minimum Gasteiger partial charge on any atom is -0.330 e. The summed E-state index contributed by atoms with van der Waals surface area (Å²) in [4.78, 5) is 0. The molecule has 0 aliphatic heterocycles. The highest BCUT2D eigenvalue weighted by atomic mass is 32.2. The minimum absolute atomic E-state index is 0.180. The second-order valence-electron chi connectivity index (χ2n) is 4.18. The molecule has 0 heterocycles. The maximum atomic E-state index is 11.7. The van der Waals surface area contributed by atoms with E-state index in [1.54, 1.807) is 0 Å². The Labute approximate surface area is 93.7 Å². The summed E-state index contributed by atoms with van der Waals surface area (Å²) in [6, 6.07) is 0. The van der Waals surface area contributed by atoms with E-state index in [9.17, 15) is 8.42 Å². The number of sulfonamides is 1. The Kier molecular flexibility index (Phi) is 6.40. The van der Waals surface area contributed by atoms with Crippen LogP contribution in [0.25, 0.3) is 0 Å². The number of nitrogens with two attached hydrogens (primary N) is 1. The van der Waals surface area contributed by atoms with Crippen LogP contribution >= 0.6 is 0 Å². The molecule has 0 atom stereocenters. The van der Waals surface area contributed by atoms with Gasteiger partial charge in [-0.15, -0.1) is 0 Å². The monoisotopic (exact) mass is 236 g/mol. The molecule has 0 radical (unpaired) electrons. The van der Waals surface area contributed by atoms with Crippen molar-refractivity contribution in [1.29, 1.82) is 0 Å². The lowest BCUT2D eigenvalue weighted by Crippen LogP contribution is -2.45. The predicted molar refractivity (Wildman–Crippen MR) is 64.2 cm³/mol. The van der Waals surface area contributed by atoms with Gasteiger partial charge in [0.1, 0.15) is 0 Å². The molecule has 0 saturated carbocycles. The number of hydrogen-bond donors (Lipinski definition) is 2. The van der Waals surface area contributed by atoms with Gasteiger partial charge in [0.05, 0.1) is 5.75 Å². The zero-order valence-electron chi connectivity index (χ0n) is 10.0. The van der Waals surface area contributed by atoms with Crippen LogP contribution in [0, 0.1) is 0 Å². The molecule has 0 saturated heterocycles. The fraction of sp³-hybridized carbons (Fsp3) is 1.00.